The van der Waals surface area contributed by atoms with Gasteiger partial charge in [-0.3, -0.25) is 16.0 Å². The maximum absolute atomic E-state index is 5.74. The zero-order valence-corrected chi connectivity index (χ0v) is 15.3. The molecule has 0 saturated carbocycles. The summed E-state index contributed by atoms with van der Waals surface area (Å²) in [6.45, 7) is 4.96. The van der Waals surface area contributed by atoms with E-state index in [2.05, 4.69) is 80.2 Å². The smallest absolute Gasteiger partial charge is 0.0738 e. The Bertz CT molecular complexity index is 580. The number of aromatic nitrogens is 2. The minimum absolute atomic E-state index is 0.0738. The molecule has 0 fully saturated rings. The summed E-state index contributed by atoms with van der Waals surface area (Å²) in [6.07, 6.45) is 0.798. The average Bonchev–Trinajstić information content (AvgIpc) is 2.73. The van der Waals surface area contributed by atoms with E-state index in [1.165, 1.54) is 14.8 Å². The SMILES string of the molecule is CCn1nc(C)c(Br)c1CC(NN)c1ccc(I)cc1. The molecule has 0 aliphatic carbocycles. The number of hydrogen-bond acceptors (Lipinski definition) is 3. The van der Waals surface area contributed by atoms with Gasteiger partial charge in [0.05, 0.1) is 21.9 Å². The van der Waals surface area contributed by atoms with Crippen LogP contribution in [0.2, 0.25) is 0 Å². The third-order valence-corrected chi connectivity index (χ3v) is 5.07. The number of nitrogens with zero attached hydrogens (tertiary/aromatic N) is 2. The van der Waals surface area contributed by atoms with Crippen molar-refractivity contribution in [3.05, 3.63) is 49.3 Å². The van der Waals surface area contributed by atoms with Crippen LogP contribution < -0.4 is 11.3 Å². The van der Waals surface area contributed by atoms with Gasteiger partial charge in [0.1, 0.15) is 0 Å². The lowest BCUT2D eigenvalue weighted by Crippen LogP contribution is -2.30. The second-order valence-corrected chi connectivity index (χ2v) is 6.68. The number of nitrogens with two attached hydrogens (primary N) is 1. The molecule has 4 nitrogen and oxygen atoms in total. The van der Waals surface area contributed by atoms with Gasteiger partial charge >= 0.3 is 0 Å². The Labute approximate surface area is 141 Å². The lowest BCUT2D eigenvalue weighted by Gasteiger charge is -2.17. The van der Waals surface area contributed by atoms with Crippen LogP contribution in [0.25, 0.3) is 0 Å². The van der Waals surface area contributed by atoms with Gasteiger partial charge in [0.25, 0.3) is 0 Å². The highest BCUT2D eigenvalue weighted by atomic mass is 127. The van der Waals surface area contributed by atoms with E-state index < -0.39 is 0 Å². The second-order valence-electron chi connectivity index (χ2n) is 4.64. The van der Waals surface area contributed by atoms with Crippen molar-refractivity contribution in [2.75, 3.05) is 0 Å². The van der Waals surface area contributed by atoms with E-state index >= 15 is 0 Å². The number of halogens is 2. The second kappa shape index (κ2) is 7.02. The van der Waals surface area contributed by atoms with E-state index in [1.54, 1.807) is 0 Å². The zero-order valence-electron chi connectivity index (χ0n) is 11.5. The number of hydrazine groups is 1. The molecule has 20 heavy (non-hydrogen) atoms. The Morgan fingerprint density at radius 2 is 2.05 bits per heavy atom. The van der Waals surface area contributed by atoms with Crippen molar-refractivity contribution in [3.8, 4) is 0 Å². The molecule has 0 amide bonds. The number of rotatable bonds is 5. The van der Waals surface area contributed by atoms with Gasteiger partial charge in [0, 0.05) is 16.5 Å². The molecule has 1 atom stereocenters. The van der Waals surface area contributed by atoms with Gasteiger partial charge in [0.2, 0.25) is 0 Å². The van der Waals surface area contributed by atoms with Crippen molar-refractivity contribution in [2.45, 2.75) is 32.9 Å². The average molecular weight is 449 g/mol. The Morgan fingerprint density at radius 3 is 2.60 bits per heavy atom. The molecule has 108 valence electrons. The maximum Gasteiger partial charge on any atom is 0.0738 e. The molecular weight excluding hydrogens is 431 g/mol. The molecule has 0 aliphatic rings. The summed E-state index contributed by atoms with van der Waals surface area (Å²) in [7, 11) is 0. The van der Waals surface area contributed by atoms with Crippen molar-refractivity contribution in [1.82, 2.24) is 15.2 Å². The minimum atomic E-state index is 0.0738. The van der Waals surface area contributed by atoms with Crippen LogP contribution >= 0.6 is 38.5 Å². The number of benzene rings is 1. The predicted octanol–water partition coefficient (Wildman–Crippen LogP) is 3.33. The van der Waals surface area contributed by atoms with Crippen LogP contribution in [-0.4, -0.2) is 9.78 Å². The standard InChI is InChI=1S/C14H18BrIN4/c1-3-20-13(14(15)9(2)19-20)8-12(18-17)10-4-6-11(16)7-5-10/h4-7,12,18H,3,8,17H2,1-2H3. The van der Waals surface area contributed by atoms with E-state index in [1.807, 2.05) is 11.6 Å². The molecule has 2 aromatic rings. The van der Waals surface area contributed by atoms with E-state index in [9.17, 15) is 0 Å². The topological polar surface area (TPSA) is 55.9 Å². The first-order valence-electron chi connectivity index (χ1n) is 6.50. The van der Waals surface area contributed by atoms with Crippen molar-refractivity contribution in [1.29, 1.82) is 0 Å². The summed E-state index contributed by atoms with van der Waals surface area (Å²) in [5.74, 6) is 5.74. The highest BCUT2D eigenvalue weighted by Crippen LogP contribution is 2.26. The summed E-state index contributed by atoms with van der Waals surface area (Å²) in [4.78, 5) is 0. The summed E-state index contributed by atoms with van der Waals surface area (Å²) in [5, 5.41) is 4.52. The van der Waals surface area contributed by atoms with Crippen molar-refractivity contribution < 1.29 is 0 Å². The van der Waals surface area contributed by atoms with Crippen LogP contribution in [0.5, 0.6) is 0 Å². The Hall–Kier alpha value is -0.440. The summed E-state index contributed by atoms with van der Waals surface area (Å²) < 4.78 is 4.32. The van der Waals surface area contributed by atoms with E-state index in [0.717, 1.165) is 23.1 Å². The van der Waals surface area contributed by atoms with Crippen molar-refractivity contribution in [2.24, 2.45) is 5.84 Å². The quantitative estimate of drug-likeness (QED) is 0.419. The zero-order chi connectivity index (χ0) is 14.7. The number of hydrogen-bond donors (Lipinski definition) is 2. The fourth-order valence-electron chi connectivity index (χ4n) is 2.23. The first-order valence-corrected chi connectivity index (χ1v) is 8.37. The lowest BCUT2D eigenvalue weighted by atomic mass is 10.0. The normalized spacial score (nSPS) is 12.7. The molecule has 0 bridgehead atoms. The molecule has 1 aromatic carbocycles. The maximum atomic E-state index is 5.74. The molecule has 6 heteroatoms. The highest BCUT2D eigenvalue weighted by molar-refractivity contribution is 14.1. The molecule has 1 unspecified atom stereocenters. The van der Waals surface area contributed by atoms with Gasteiger partial charge < -0.3 is 0 Å². The van der Waals surface area contributed by atoms with Gasteiger partial charge in [-0.25, -0.2) is 0 Å². The first kappa shape index (κ1) is 15.9. The molecule has 2 rings (SSSR count). The molecule has 0 saturated heterocycles. The molecule has 3 N–H and O–H groups in total. The number of nitrogens with one attached hydrogen (secondary N) is 1. The third kappa shape index (κ3) is 3.41. The van der Waals surface area contributed by atoms with E-state index in [4.69, 9.17) is 5.84 Å². The van der Waals surface area contributed by atoms with Crippen LogP contribution in [-0.2, 0) is 13.0 Å². The van der Waals surface area contributed by atoms with Gasteiger partial charge in [-0.2, -0.15) is 5.10 Å². The Morgan fingerprint density at radius 1 is 1.40 bits per heavy atom. The number of aryl methyl sites for hydroxylation is 2. The Kier molecular flexibility index (Phi) is 5.59. The summed E-state index contributed by atoms with van der Waals surface area (Å²) in [5.41, 5.74) is 6.28. The largest absolute Gasteiger partial charge is 0.271 e. The van der Waals surface area contributed by atoms with E-state index in [-0.39, 0.29) is 6.04 Å². The fourth-order valence-corrected chi connectivity index (χ4v) is 3.03. The lowest BCUT2D eigenvalue weighted by molar-refractivity contribution is 0.516. The van der Waals surface area contributed by atoms with E-state index in [0.29, 0.717) is 0 Å². The molecule has 1 aromatic heterocycles. The Balaban J connectivity index is 2.28. The fraction of sp³-hybridized carbons (Fsp3) is 0.357. The van der Waals surface area contributed by atoms with Gasteiger partial charge in [-0.1, -0.05) is 12.1 Å². The van der Waals surface area contributed by atoms with Crippen LogP contribution in [0.4, 0.5) is 0 Å². The van der Waals surface area contributed by atoms with Crippen LogP contribution in [0, 0.1) is 10.5 Å². The predicted molar refractivity (Wildman–Crippen MR) is 93.3 cm³/mol. The monoisotopic (exact) mass is 448 g/mol. The highest BCUT2D eigenvalue weighted by Gasteiger charge is 2.18. The van der Waals surface area contributed by atoms with Gasteiger partial charge in [-0.15, -0.1) is 0 Å². The van der Waals surface area contributed by atoms with Crippen LogP contribution in [0.3, 0.4) is 0 Å². The van der Waals surface area contributed by atoms with Gasteiger partial charge in [-0.05, 0) is 70.1 Å². The first-order chi connectivity index (χ1) is 9.56. The molecule has 0 radical (unpaired) electrons. The molecule has 0 aliphatic heterocycles. The summed E-state index contributed by atoms with van der Waals surface area (Å²) >= 11 is 5.93. The molecule has 0 spiro atoms. The minimum Gasteiger partial charge on any atom is -0.271 e. The van der Waals surface area contributed by atoms with Crippen molar-refractivity contribution >= 4 is 38.5 Å². The van der Waals surface area contributed by atoms with Crippen LogP contribution in [0.15, 0.2) is 28.7 Å². The van der Waals surface area contributed by atoms with Gasteiger partial charge in [0.15, 0.2) is 0 Å². The van der Waals surface area contributed by atoms with Crippen LogP contribution in [0.1, 0.15) is 29.9 Å². The van der Waals surface area contributed by atoms with Crippen molar-refractivity contribution in [3.63, 3.8) is 0 Å². The third-order valence-electron chi connectivity index (χ3n) is 3.32. The molecular formula is C14H18BrIN4. The summed E-state index contributed by atoms with van der Waals surface area (Å²) in [6, 6.07) is 8.49. The molecule has 1 heterocycles.